The Balaban J connectivity index is 0.00000364. The van der Waals surface area contributed by atoms with Gasteiger partial charge in [0, 0.05) is 40.2 Å². The van der Waals surface area contributed by atoms with Gasteiger partial charge in [0.05, 0.1) is 12.0 Å². The molecule has 0 aromatic heterocycles. The molecule has 0 heterocycles. The molecule has 1 aromatic carbocycles. The molecule has 1 unspecified atom stereocenters. The van der Waals surface area contributed by atoms with Crippen LogP contribution in [0.25, 0.3) is 0 Å². The molecular weight excluding hydrogens is 455 g/mol. The number of carbonyl (C=O) groups is 1. The summed E-state index contributed by atoms with van der Waals surface area (Å²) in [6, 6.07) is 9.95. The molecule has 1 aromatic rings. The van der Waals surface area contributed by atoms with Gasteiger partial charge in [0.1, 0.15) is 0 Å². The predicted octanol–water partition coefficient (Wildman–Crippen LogP) is 2.19. The molecule has 3 N–H and O–H groups in total. The fourth-order valence-corrected chi connectivity index (χ4v) is 3.70. The van der Waals surface area contributed by atoms with Crippen LogP contribution in [0.1, 0.15) is 37.2 Å². The zero-order chi connectivity index (χ0) is 19.0. The molecule has 0 bridgehead atoms. The molecular formula is C20H33IN4O2. The van der Waals surface area contributed by atoms with Gasteiger partial charge in [0.25, 0.3) is 0 Å². The summed E-state index contributed by atoms with van der Waals surface area (Å²) in [5, 5.41) is 16.3. The maximum Gasteiger partial charge on any atom is 0.230 e. The van der Waals surface area contributed by atoms with Crippen molar-refractivity contribution in [2.24, 2.45) is 10.4 Å². The van der Waals surface area contributed by atoms with Crippen molar-refractivity contribution in [3.63, 3.8) is 0 Å². The molecule has 0 radical (unpaired) electrons. The molecule has 6 nitrogen and oxygen atoms in total. The van der Waals surface area contributed by atoms with E-state index in [2.05, 4.69) is 15.6 Å². The van der Waals surface area contributed by atoms with E-state index in [-0.39, 0.29) is 47.8 Å². The Morgan fingerprint density at radius 3 is 2.37 bits per heavy atom. The second-order valence-electron chi connectivity index (χ2n) is 7.28. The number of guanidine groups is 1. The van der Waals surface area contributed by atoms with Crippen LogP contribution in [0, 0.1) is 5.41 Å². The number of nitrogens with one attached hydrogen (secondary N) is 2. The maximum absolute atomic E-state index is 12.7. The van der Waals surface area contributed by atoms with Gasteiger partial charge < -0.3 is 20.6 Å². The number of carbonyl (C=O) groups excluding carboxylic acids is 1. The average Bonchev–Trinajstić information content (AvgIpc) is 3.14. The minimum Gasteiger partial charge on any atom is -0.396 e. The topological polar surface area (TPSA) is 77.0 Å². The van der Waals surface area contributed by atoms with Gasteiger partial charge in [-0.2, -0.15) is 0 Å². The standard InChI is InChI=1S/C20H32N4O2.HI/c1-21-19(22-13-17(14-25)16-9-5-4-6-10-16)23-15-20(11-7-8-12-20)18(26)24(2)3;/h4-6,9-10,17,25H,7-8,11-15H2,1-3H3,(H2,21,22,23);1H. The summed E-state index contributed by atoms with van der Waals surface area (Å²) >= 11 is 0. The molecule has 7 heteroatoms. The highest BCUT2D eigenvalue weighted by atomic mass is 127. The number of halogens is 1. The van der Waals surface area contributed by atoms with Gasteiger partial charge in [-0.05, 0) is 18.4 Å². The first-order chi connectivity index (χ1) is 12.5. The number of amides is 1. The van der Waals surface area contributed by atoms with E-state index in [1.165, 1.54) is 0 Å². The molecule has 0 aliphatic heterocycles. The highest BCUT2D eigenvalue weighted by Crippen LogP contribution is 2.38. The third-order valence-electron chi connectivity index (χ3n) is 5.25. The summed E-state index contributed by atoms with van der Waals surface area (Å²) in [7, 11) is 5.36. The zero-order valence-electron chi connectivity index (χ0n) is 16.6. The Morgan fingerprint density at radius 1 is 1.22 bits per heavy atom. The number of hydrogen-bond acceptors (Lipinski definition) is 3. The van der Waals surface area contributed by atoms with Crippen molar-refractivity contribution in [1.82, 2.24) is 15.5 Å². The van der Waals surface area contributed by atoms with Gasteiger partial charge in [-0.1, -0.05) is 43.2 Å². The molecule has 1 saturated carbocycles. The molecule has 0 saturated heterocycles. The number of rotatable bonds is 7. The highest BCUT2D eigenvalue weighted by Gasteiger charge is 2.42. The van der Waals surface area contributed by atoms with Crippen LogP contribution in [0.5, 0.6) is 0 Å². The van der Waals surface area contributed by atoms with Crippen LogP contribution in [0.15, 0.2) is 35.3 Å². The minimum absolute atomic E-state index is 0. The third kappa shape index (κ3) is 6.34. The lowest BCUT2D eigenvalue weighted by atomic mass is 9.84. The largest absolute Gasteiger partial charge is 0.396 e. The van der Waals surface area contributed by atoms with Crippen LogP contribution in [0.2, 0.25) is 0 Å². The number of aliphatic imine (C=N–C) groups is 1. The maximum atomic E-state index is 12.7. The first kappa shape index (κ1) is 23.7. The van der Waals surface area contributed by atoms with E-state index >= 15 is 0 Å². The highest BCUT2D eigenvalue weighted by molar-refractivity contribution is 14.0. The molecule has 152 valence electrons. The molecule has 2 rings (SSSR count). The van der Waals surface area contributed by atoms with Gasteiger partial charge >= 0.3 is 0 Å². The summed E-state index contributed by atoms with van der Waals surface area (Å²) in [6.07, 6.45) is 4.01. The van der Waals surface area contributed by atoms with Crippen LogP contribution in [-0.2, 0) is 4.79 Å². The van der Waals surface area contributed by atoms with Crippen molar-refractivity contribution >= 4 is 35.8 Å². The minimum atomic E-state index is -0.336. The number of aliphatic hydroxyl groups is 1. The Kier molecular flexibility index (Phi) is 10.1. The van der Waals surface area contributed by atoms with Crippen molar-refractivity contribution < 1.29 is 9.90 Å². The van der Waals surface area contributed by atoms with Crippen LogP contribution in [-0.4, -0.2) is 62.7 Å². The van der Waals surface area contributed by atoms with Crippen molar-refractivity contribution in [2.45, 2.75) is 31.6 Å². The van der Waals surface area contributed by atoms with Crippen molar-refractivity contribution in [2.75, 3.05) is 40.8 Å². The fraction of sp³-hybridized carbons (Fsp3) is 0.600. The molecule has 27 heavy (non-hydrogen) atoms. The number of hydrogen-bond donors (Lipinski definition) is 3. The van der Waals surface area contributed by atoms with Crippen LogP contribution >= 0.6 is 24.0 Å². The van der Waals surface area contributed by atoms with Crippen molar-refractivity contribution in [1.29, 1.82) is 0 Å². The lowest BCUT2D eigenvalue weighted by Gasteiger charge is -2.31. The van der Waals surface area contributed by atoms with Crippen LogP contribution < -0.4 is 10.6 Å². The number of nitrogens with zero attached hydrogens (tertiary/aromatic N) is 2. The monoisotopic (exact) mass is 488 g/mol. The average molecular weight is 488 g/mol. The van der Waals surface area contributed by atoms with E-state index in [1.54, 1.807) is 11.9 Å². The van der Waals surface area contributed by atoms with E-state index < -0.39 is 0 Å². The summed E-state index contributed by atoms with van der Waals surface area (Å²) in [6.45, 7) is 1.23. The summed E-state index contributed by atoms with van der Waals surface area (Å²) < 4.78 is 0. The van der Waals surface area contributed by atoms with Crippen LogP contribution in [0.3, 0.4) is 0 Å². The second kappa shape index (κ2) is 11.5. The molecule has 0 spiro atoms. The zero-order valence-corrected chi connectivity index (χ0v) is 18.9. The quantitative estimate of drug-likeness (QED) is 0.313. The van der Waals surface area contributed by atoms with E-state index in [9.17, 15) is 9.90 Å². The first-order valence-electron chi connectivity index (χ1n) is 9.34. The van der Waals surface area contributed by atoms with Crippen molar-refractivity contribution in [3.8, 4) is 0 Å². The summed E-state index contributed by atoms with van der Waals surface area (Å²) in [5.74, 6) is 0.853. The van der Waals surface area contributed by atoms with E-state index in [0.29, 0.717) is 19.0 Å². The molecule has 1 fully saturated rings. The Morgan fingerprint density at radius 2 is 1.85 bits per heavy atom. The summed E-state index contributed by atoms with van der Waals surface area (Å²) in [5.41, 5.74) is 0.754. The molecule has 1 aliphatic carbocycles. The lowest BCUT2D eigenvalue weighted by Crippen LogP contribution is -2.49. The third-order valence-corrected chi connectivity index (χ3v) is 5.25. The normalized spacial score (nSPS) is 17.0. The van der Waals surface area contributed by atoms with Crippen LogP contribution in [0.4, 0.5) is 0 Å². The van der Waals surface area contributed by atoms with Crippen molar-refractivity contribution in [3.05, 3.63) is 35.9 Å². The van der Waals surface area contributed by atoms with Gasteiger partial charge in [-0.3, -0.25) is 9.79 Å². The Bertz CT molecular complexity index is 601. The first-order valence-corrected chi connectivity index (χ1v) is 9.34. The lowest BCUT2D eigenvalue weighted by molar-refractivity contribution is -0.138. The van der Waals surface area contributed by atoms with Gasteiger partial charge in [-0.15, -0.1) is 24.0 Å². The molecule has 1 atom stereocenters. The summed E-state index contributed by atoms with van der Waals surface area (Å²) in [4.78, 5) is 18.6. The smallest absolute Gasteiger partial charge is 0.230 e. The van der Waals surface area contributed by atoms with Gasteiger partial charge in [0.15, 0.2) is 5.96 Å². The van der Waals surface area contributed by atoms with E-state index in [4.69, 9.17) is 0 Å². The van der Waals surface area contributed by atoms with Gasteiger partial charge in [-0.25, -0.2) is 0 Å². The number of benzene rings is 1. The fourth-order valence-electron chi connectivity index (χ4n) is 3.70. The van der Waals surface area contributed by atoms with E-state index in [0.717, 1.165) is 31.2 Å². The second-order valence-corrected chi connectivity index (χ2v) is 7.28. The molecule has 1 aliphatic rings. The van der Waals surface area contributed by atoms with Gasteiger partial charge in [0.2, 0.25) is 5.91 Å². The SMILES string of the molecule is CN=C(NCC(CO)c1ccccc1)NCC1(C(=O)N(C)C)CCCC1.I. The Labute approximate surface area is 179 Å². The molecule has 1 amide bonds. The Hall–Kier alpha value is -1.35. The predicted molar refractivity (Wildman–Crippen MR) is 121 cm³/mol. The number of aliphatic hydroxyl groups excluding tert-OH is 1. The van der Waals surface area contributed by atoms with E-state index in [1.807, 2.05) is 44.4 Å².